The summed E-state index contributed by atoms with van der Waals surface area (Å²) in [5.74, 6) is 0.350. The highest BCUT2D eigenvalue weighted by Crippen LogP contribution is 2.30. The molecule has 4 heterocycles. The largest absolute Gasteiger partial charge is 0.333 e. The number of amides is 3. The fourth-order valence-corrected chi connectivity index (χ4v) is 4.19. The van der Waals surface area contributed by atoms with Gasteiger partial charge in [0.15, 0.2) is 0 Å². The van der Waals surface area contributed by atoms with Gasteiger partial charge < -0.3 is 14.7 Å². The zero-order chi connectivity index (χ0) is 19.0. The molecule has 0 N–H and O–H groups in total. The van der Waals surface area contributed by atoms with Gasteiger partial charge in [0.2, 0.25) is 0 Å². The molecule has 1 aromatic heterocycles. The van der Waals surface area contributed by atoms with Gasteiger partial charge in [0.1, 0.15) is 0 Å². The second-order valence-corrected chi connectivity index (χ2v) is 7.60. The molecular formula is C20H25N5O2. The normalized spacial score (nSPS) is 21.9. The highest BCUT2D eigenvalue weighted by atomic mass is 16.2. The first-order valence-electron chi connectivity index (χ1n) is 9.41. The molecule has 0 spiro atoms. The Kier molecular flexibility index (Phi) is 4.59. The van der Waals surface area contributed by atoms with Crippen molar-refractivity contribution in [3.05, 3.63) is 48.3 Å². The number of rotatable bonds is 2. The van der Waals surface area contributed by atoms with E-state index in [4.69, 9.17) is 0 Å². The van der Waals surface area contributed by atoms with E-state index in [0.717, 1.165) is 25.1 Å². The summed E-state index contributed by atoms with van der Waals surface area (Å²) in [6, 6.07) is 9.51. The van der Waals surface area contributed by atoms with Crippen molar-refractivity contribution < 1.29 is 9.59 Å². The van der Waals surface area contributed by atoms with Gasteiger partial charge in [-0.05, 0) is 37.0 Å². The molecule has 5 rings (SSSR count). The van der Waals surface area contributed by atoms with Crippen LogP contribution in [0.4, 0.5) is 4.79 Å². The van der Waals surface area contributed by atoms with Gasteiger partial charge in [0.25, 0.3) is 5.91 Å². The van der Waals surface area contributed by atoms with E-state index < -0.39 is 0 Å². The second-order valence-electron chi connectivity index (χ2n) is 7.60. The van der Waals surface area contributed by atoms with E-state index in [-0.39, 0.29) is 18.0 Å². The summed E-state index contributed by atoms with van der Waals surface area (Å²) in [7, 11) is 3.55. The van der Waals surface area contributed by atoms with E-state index in [9.17, 15) is 9.59 Å². The Morgan fingerprint density at radius 2 is 1.89 bits per heavy atom. The smallest absolute Gasteiger partial charge is 0.319 e. The van der Waals surface area contributed by atoms with Crippen LogP contribution < -0.4 is 0 Å². The molecule has 27 heavy (non-hydrogen) atoms. The molecule has 3 saturated heterocycles. The molecule has 2 aromatic rings. The molecule has 3 aliphatic heterocycles. The number of hydrogen-bond acceptors (Lipinski definition) is 3. The molecule has 0 unspecified atom stereocenters. The van der Waals surface area contributed by atoms with Crippen LogP contribution >= 0.6 is 0 Å². The first kappa shape index (κ1) is 17.6. The molecule has 0 radical (unpaired) electrons. The SMILES string of the molecule is CN(C)C(=O)N1C[C@H]2CC[C@@H](C1)N(C(=O)c1ccccc1-n1cccn1)C2. The number of para-hydroxylation sites is 1. The topological polar surface area (TPSA) is 61.7 Å². The molecule has 2 bridgehead atoms. The van der Waals surface area contributed by atoms with Crippen molar-refractivity contribution in [2.45, 2.75) is 18.9 Å². The lowest BCUT2D eigenvalue weighted by atomic mass is 9.94. The third kappa shape index (κ3) is 3.29. The van der Waals surface area contributed by atoms with Crippen LogP contribution in [0.5, 0.6) is 0 Å². The van der Waals surface area contributed by atoms with Crippen molar-refractivity contribution >= 4 is 11.9 Å². The van der Waals surface area contributed by atoms with Crippen LogP contribution in [0, 0.1) is 5.92 Å². The average Bonchev–Trinajstić information content (AvgIpc) is 3.06. The number of piperidine rings is 1. The van der Waals surface area contributed by atoms with Gasteiger partial charge >= 0.3 is 6.03 Å². The zero-order valence-electron chi connectivity index (χ0n) is 15.8. The quantitative estimate of drug-likeness (QED) is 0.817. The predicted octanol–water partition coefficient (Wildman–Crippen LogP) is 2.09. The summed E-state index contributed by atoms with van der Waals surface area (Å²) in [5, 5.41) is 4.28. The summed E-state index contributed by atoms with van der Waals surface area (Å²) in [6.45, 7) is 2.02. The van der Waals surface area contributed by atoms with Crippen LogP contribution in [0.1, 0.15) is 23.2 Å². The Bertz CT molecular complexity index is 833. The molecule has 0 aliphatic carbocycles. The number of hydrogen-bond donors (Lipinski definition) is 0. The third-order valence-corrected chi connectivity index (χ3v) is 5.51. The maximum absolute atomic E-state index is 13.4. The maximum Gasteiger partial charge on any atom is 0.319 e. The van der Waals surface area contributed by atoms with Crippen LogP contribution in [0.25, 0.3) is 5.69 Å². The second kappa shape index (κ2) is 7.06. The minimum atomic E-state index is 0.0231. The van der Waals surface area contributed by atoms with Crippen LogP contribution in [-0.4, -0.2) is 76.2 Å². The number of aromatic nitrogens is 2. The Labute approximate surface area is 159 Å². The van der Waals surface area contributed by atoms with Crippen molar-refractivity contribution in [2.24, 2.45) is 5.92 Å². The number of benzene rings is 1. The lowest BCUT2D eigenvalue weighted by Gasteiger charge is -2.36. The van der Waals surface area contributed by atoms with Crippen molar-refractivity contribution in [1.82, 2.24) is 24.5 Å². The number of carbonyl (C=O) groups is 2. The van der Waals surface area contributed by atoms with E-state index in [1.807, 2.05) is 46.3 Å². The summed E-state index contributed by atoms with van der Waals surface area (Å²) < 4.78 is 1.73. The van der Waals surface area contributed by atoms with Gasteiger partial charge in [0.05, 0.1) is 11.3 Å². The molecule has 2 atom stereocenters. The number of nitrogens with zero attached hydrogens (tertiary/aromatic N) is 5. The Hall–Kier alpha value is -2.83. The fourth-order valence-electron chi connectivity index (χ4n) is 4.19. The average molecular weight is 367 g/mol. The molecule has 7 nitrogen and oxygen atoms in total. The summed E-state index contributed by atoms with van der Waals surface area (Å²) in [5.41, 5.74) is 1.44. The van der Waals surface area contributed by atoms with E-state index in [1.165, 1.54) is 0 Å². The number of fused-ring (bicyclic) bond motifs is 4. The monoisotopic (exact) mass is 367 g/mol. The molecule has 7 heteroatoms. The van der Waals surface area contributed by atoms with Gasteiger partial charge in [-0.1, -0.05) is 12.1 Å². The van der Waals surface area contributed by atoms with E-state index >= 15 is 0 Å². The lowest BCUT2D eigenvalue weighted by molar-refractivity contribution is 0.0585. The van der Waals surface area contributed by atoms with Gasteiger partial charge in [-0.2, -0.15) is 5.10 Å². The van der Waals surface area contributed by atoms with Gasteiger partial charge in [-0.15, -0.1) is 0 Å². The van der Waals surface area contributed by atoms with Gasteiger partial charge in [-0.25, -0.2) is 9.48 Å². The molecule has 3 fully saturated rings. The van der Waals surface area contributed by atoms with Gasteiger partial charge in [0, 0.05) is 52.2 Å². The lowest BCUT2D eigenvalue weighted by Crippen LogP contribution is -2.48. The standard InChI is InChI=1S/C20H25N5O2/c1-22(2)20(27)23-12-15-8-9-16(14-23)24(13-15)19(26)17-6-3-4-7-18(17)25-11-5-10-21-25/h3-7,10-11,15-16H,8-9,12-14H2,1-2H3/t15-,16+/m1/s1. The summed E-state index contributed by atoms with van der Waals surface area (Å²) in [6.07, 6.45) is 5.56. The van der Waals surface area contributed by atoms with Crippen molar-refractivity contribution in [3.8, 4) is 5.69 Å². The maximum atomic E-state index is 13.4. The summed E-state index contributed by atoms with van der Waals surface area (Å²) >= 11 is 0. The molecule has 3 amide bonds. The predicted molar refractivity (Wildman–Crippen MR) is 102 cm³/mol. The first-order chi connectivity index (χ1) is 13.0. The van der Waals surface area contributed by atoms with Crippen LogP contribution in [0.3, 0.4) is 0 Å². The number of urea groups is 1. The highest BCUT2D eigenvalue weighted by Gasteiger charge is 2.39. The van der Waals surface area contributed by atoms with Crippen LogP contribution in [0.2, 0.25) is 0 Å². The Morgan fingerprint density at radius 1 is 1.07 bits per heavy atom. The van der Waals surface area contributed by atoms with Crippen LogP contribution in [-0.2, 0) is 0 Å². The van der Waals surface area contributed by atoms with Crippen molar-refractivity contribution in [3.63, 3.8) is 0 Å². The Balaban J connectivity index is 1.62. The Morgan fingerprint density at radius 3 is 2.63 bits per heavy atom. The van der Waals surface area contributed by atoms with Crippen molar-refractivity contribution in [2.75, 3.05) is 33.7 Å². The fraction of sp³-hybridized carbons (Fsp3) is 0.450. The first-order valence-corrected chi connectivity index (χ1v) is 9.41. The molecule has 0 saturated carbocycles. The molecular weight excluding hydrogens is 342 g/mol. The van der Waals surface area contributed by atoms with Crippen molar-refractivity contribution in [1.29, 1.82) is 0 Å². The third-order valence-electron chi connectivity index (χ3n) is 5.51. The van der Waals surface area contributed by atoms with Crippen LogP contribution in [0.15, 0.2) is 42.7 Å². The zero-order valence-corrected chi connectivity index (χ0v) is 15.8. The minimum Gasteiger partial charge on any atom is -0.333 e. The van der Waals surface area contributed by atoms with E-state index in [1.54, 1.807) is 29.9 Å². The highest BCUT2D eigenvalue weighted by molar-refractivity contribution is 5.98. The van der Waals surface area contributed by atoms with E-state index in [2.05, 4.69) is 5.10 Å². The molecule has 3 aliphatic rings. The minimum absolute atomic E-state index is 0.0231. The molecule has 1 aromatic carbocycles. The van der Waals surface area contributed by atoms with Gasteiger partial charge in [-0.3, -0.25) is 4.79 Å². The summed E-state index contributed by atoms with van der Waals surface area (Å²) in [4.78, 5) is 31.4. The molecule has 142 valence electrons. The van der Waals surface area contributed by atoms with E-state index in [0.29, 0.717) is 24.6 Å². The number of carbonyl (C=O) groups excluding carboxylic acids is 2.